The molecule has 0 saturated carbocycles. The third-order valence-corrected chi connectivity index (χ3v) is 5.44. The van der Waals surface area contributed by atoms with Crippen LogP contribution in [-0.4, -0.2) is 28.4 Å². The van der Waals surface area contributed by atoms with Crippen LogP contribution in [0.25, 0.3) is 0 Å². The van der Waals surface area contributed by atoms with E-state index in [0.717, 1.165) is 25.3 Å². The zero-order valence-electron chi connectivity index (χ0n) is 17.5. The van der Waals surface area contributed by atoms with Gasteiger partial charge in [0.2, 0.25) is 5.82 Å². The molecule has 0 N–H and O–H groups in total. The van der Waals surface area contributed by atoms with Gasteiger partial charge in [0.1, 0.15) is 0 Å². The lowest BCUT2D eigenvalue weighted by Gasteiger charge is -2.23. The second-order valence-corrected chi connectivity index (χ2v) is 8.90. The summed E-state index contributed by atoms with van der Waals surface area (Å²) in [6.45, 7) is 7.01. The molecule has 0 aliphatic heterocycles. The molecule has 0 atom stereocenters. The lowest BCUT2D eigenvalue weighted by atomic mass is 10.0. The topological polar surface area (TPSA) is 27.7 Å². The van der Waals surface area contributed by atoms with Crippen LogP contribution in [0.4, 0.5) is 22.0 Å². The summed E-state index contributed by atoms with van der Waals surface area (Å²) in [4.78, 5) is 0. The lowest BCUT2D eigenvalue weighted by molar-refractivity contribution is -0.275. The lowest BCUT2D eigenvalue weighted by Crippen LogP contribution is -2.28. The molecule has 0 unspecified atom stereocenters. The first-order valence-corrected chi connectivity index (χ1v) is 11.7. The van der Waals surface area contributed by atoms with E-state index in [4.69, 9.17) is 13.9 Å². The van der Waals surface area contributed by atoms with Gasteiger partial charge in [-0.1, -0.05) is 25.7 Å². The Labute approximate surface area is 171 Å². The summed E-state index contributed by atoms with van der Waals surface area (Å²) in [5, 5.41) is 0. The third kappa shape index (κ3) is 9.11. The monoisotopic (exact) mass is 442 g/mol. The molecule has 0 spiro atoms. The van der Waals surface area contributed by atoms with Crippen molar-refractivity contribution in [1.29, 1.82) is 0 Å². The molecule has 0 bridgehead atoms. The van der Waals surface area contributed by atoms with Crippen molar-refractivity contribution < 1.29 is 35.9 Å². The summed E-state index contributed by atoms with van der Waals surface area (Å²) in [5.41, 5.74) is -0.733. The molecular formula is C20H31F5O3Si. The number of halogens is 5. The highest BCUT2D eigenvalue weighted by Gasteiger charge is 2.25. The molecule has 168 valence electrons. The van der Waals surface area contributed by atoms with Crippen molar-refractivity contribution in [2.24, 2.45) is 0 Å². The fourth-order valence-electron chi connectivity index (χ4n) is 2.72. The maximum atomic E-state index is 13.6. The first-order chi connectivity index (χ1) is 13.6. The third-order valence-electron chi connectivity index (χ3n) is 4.14. The van der Waals surface area contributed by atoms with Crippen LogP contribution >= 0.6 is 0 Å². The normalized spacial score (nSPS) is 12.4. The van der Waals surface area contributed by atoms with Gasteiger partial charge in [0, 0.05) is 5.56 Å². The van der Waals surface area contributed by atoms with E-state index in [9.17, 15) is 22.0 Å². The van der Waals surface area contributed by atoms with Crippen molar-refractivity contribution in [1.82, 2.24) is 0 Å². The SMILES string of the molecule is CC(C)OC(O[SiH2]CCCCCCCc1c(F)c(F)c(F)c(F)c1F)OC(C)C. The molecule has 1 aromatic rings. The Bertz CT molecular complexity index is 590. The quantitative estimate of drug-likeness (QED) is 0.0947. The Morgan fingerprint density at radius 2 is 1.10 bits per heavy atom. The summed E-state index contributed by atoms with van der Waals surface area (Å²) < 4.78 is 83.3. The molecule has 0 heterocycles. The van der Waals surface area contributed by atoms with Gasteiger partial charge in [-0.3, -0.25) is 0 Å². The van der Waals surface area contributed by atoms with E-state index in [1.165, 1.54) is 0 Å². The standard InChI is InChI=1S/C20H31F5O3Si/c1-12(2)26-20(27-13(3)4)28-29-11-9-7-5-6-8-10-14-15(21)17(23)19(25)18(24)16(14)22/h12-13,20H,5-11,29H2,1-4H3. The molecule has 0 fully saturated rings. The van der Waals surface area contributed by atoms with Crippen LogP contribution in [0.5, 0.6) is 0 Å². The molecule has 1 rings (SSSR count). The molecule has 0 saturated heterocycles. The average Bonchev–Trinajstić information content (AvgIpc) is 2.64. The molecule has 29 heavy (non-hydrogen) atoms. The Balaban J connectivity index is 2.22. The van der Waals surface area contributed by atoms with Crippen LogP contribution in [0, 0.1) is 29.1 Å². The van der Waals surface area contributed by atoms with Crippen LogP contribution in [0.3, 0.4) is 0 Å². The summed E-state index contributed by atoms with van der Waals surface area (Å²) >= 11 is 0. The summed E-state index contributed by atoms with van der Waals surface area (Å²) in [6.07, 6.45) is 3.52. The maximum absolute atomic E-state index is 13.6. The van der Waals surface area contributed by atoms with E-state index in [1.807, 2.05) is 27.7 Å². The summed E-state index contributed by atoms with van der Waals surface area (Å²) in [5.74, 6) is -9.34. The predicted molar refractivity (Wildman–Crippen MR) is 104 cm³/mol. The predicted octanol–water partition coefficient (Wildman–Crippen LogP) is 5.53. The van der Waals surface area contributed by atoms with Crippen LogP contribution in [0.2, 0.25) is 6.04 Å². The summed E-state index contributed by atoms with van der Waals surface area (Å²) in [7, 11) is -0.795. The largest absolute Gasteiger partial charge is 0.379 e. The molecule has 0 aromatic heterocycles. The molecule has 1 aromatic carbocycles. The number of hydrogen-bond donors (Lipinski definition) is 0. The number of ether oxygens (including phenoxy) is 2. The van der Waals surface area contributed by atoms with Gasteiger partial charge in [-0.2, -0.15) is 0 Å². The van der Waals surface area contributed by atoms with Gasteiger partial charge < -0.3 is 13.9 Å². The van der Waals surface area contributed by atoms with Crippen LogP contribution < -0.4 is 0 Å². The number of rotatable bonds is 14. The minimum atomic E-state index is -2.12. The van der Waals surface area contributed by atoms with Gasteiger partial charge in [0.05, 0.1) is 12.2 Å². The van der Waals surface area contributed by atoms with Gasteiger partial charge in [0.25, 0.3) is 6.48 Å². The highest BCUT2D eigenvalue weighted by atomic mass is 28.2. The highest BCUT2D eigenvalue weighted by Crippen LogP contribution is 2.24. The first-order valence-electron chi connectivity index (χ1n) is 10.1. The van der Waals surface area contributed by atoms with E-state index in [2.05, 4.69) is 0 Å². The smallest absolute Gasteiger partial charge is 0.262 e. The van der Waals surface area contributed by atoms with E-state index in [0.29, 0.717) is 12.8 Å². The Kier molecular flexibility index (Phi) is 11.9. The molecule has 9 heteroatoms. The van der Waals surface area contributed by atoms with Crippen LogP contribution in [0.15, 0.2) is 0 Å². The van der Waals surface area contributed by atoms with Crippen molar-refractivity contribution in [3.05, 3.63) is 34.6 Å². The van der Waals surface area contributed by atoms with Crippen molar-refractivity contribution in [3.8, 4) is 0 Å². The molecule has 3 nitrogen and oxygen atoms in total. The van der Waals surface area contributed by atoms with Gasteiger partial charge in [0.15, 0.2) is 33.0 Å². The van der Waals surface area contributed by atoms with E-state index in [1.54, 1.807) is 0 Å². The number of unbranched alkanes of at least 4 members (excludes halogenated alkanes) is 4. The van der Waals surface area contributed by atoms with Gasteiger partial charge in [-0.05, 0) is 46.6 Å². The van der Waals surface area contributed by atoms with Crippen LogP contribution in [-0.2, 0) is 20.3 Å². The fraction of sp³-hybridized carbons (Fsp3) is 0.700. The van der Waals surface area contributed by atoms with Crippen molar-refractivity contribution >= 4 is 9.76 Å². The Morgan fingerprint density at radius 3 is 1.62 bits per heavy atom. The second-order valence-electron chi connectivity index (χ2n) is 7.45. The molecule has 0 radical (unpaired) electrons. The molecule has 0 amide bonds. The second kappa shape index (κ2) is 13.3. The number of benzene rings is 1. The fourth-order valence-corrected chi connectivity index (χ4v) is 3.79. The number of hydrogen-bond acceptors (Lipinski definition) is 3. The molecule has 0 aliphatic carbocycles. The van der Waals surface area contributed by atoms with E-state index >= 15 is 0 Å². The Morgan fingerprint density at radius 1 is 0.655 bits per heavy atom. The summed E-state index contributed by atoms with van der Waals surface area (Å²) in [6, 6.07) is 0.942. The van der Waals surface area contributed by atoms with Crippen molar-refractivity contribution in [2.45, 2.75) is 90.9 Å². The van der Waals surface area contributed by atoms with Crippen molar-refractivity contribution in [3.63, 3.8) is 0 Å². The minimum absolute atomic E-state index is 0.00507. The Hall–Kier alpha value is -1.03. The zero-order valence-corrected chi connectivity index (χ0v) is 18.9. The highest BCUT2D eigenvalue weighted by molar-refractivity contribution is 6.27. The van der Waals surface area contributed by atoms with Gasteiger partial charge >= 0.3 is 0 Å². The average molecular weight is 443 g/mol. The van der Waals surface area contributed by atoms with E-state index < -0.39 is 50.9 Å². The van der Waals surface area contributed by atoms with Crippen LogP contribution in [0.1, 0.15) is 65.4 Å². The molecule has 0 aliphatic rings. The maximum Gasteiger partial charge on any atom is 0.262 e. The first kappa shape index (κ1) is 26.0. The van der Waals surface area contributed by atoms with Gasteiger partial charge in [-0.25, -0.2) is 22.0 Å². The van der Waals surface area contributed by atoms with E-state index in [-0.39, 0.29) is 18.6 Å². The minimum Gasteiger partial charge on any atom is -0.379 e. The molecular weight excluding hydrogens is 411 g/mol. The van der Waals surface area contributed by atoms with Crippen molar-refractivity contribution in [2.75, 3.05) is 0 Å². The van der Waals surface area contributed by atoms with Gasteiger partial charge in [-0.15, -0.1) is 0 Å². The zero-order chi connectivity index (χ0) is 22.0.